The predicted molar refractivity (Wildman–Crippen MR) is 83.8 cm³/mol. The van der Waals surface area contributed by atoms with E-state index in [-0.39, 0.29) is 18.2 Å². The van der Waals surface area contributed by atoms with Gasteiger partial charge in [0, 0.05) is 6.54 Å². The normalized spacial score (nSPS) is 32.2. The summed E-state index contributed by atoms with van der Waals surface area (Å²) < 4.78 is 11.1. The van der Waals surface area contributed by atoms with Crippen LogP contribution >= 0.6 is 0 Å². The largest absolute Gasteiger partial charge is 0.444 e. The van der Waals surface area contributed by atoms with Gasteiger partial charge in [-0.25, -0.2) is 4.79 Å². The van der Waals surface area contributed by atoms with E-state index >= 15 is 0 Å². The maximum absolute atomic E-state index is 12.5. The number of amides is 1. The molecule has 0 radical (unpaired) electrons. The lowest BCUT2D eigenvalue weighted by Gasteiger charge is -2.51. The van der Waals surface area contributed by atoms with Gasteiger partial charge in [-0.05, 0) is 54.1 Å². The highest BCUT2D eigenvalue weighted by Gasteiger charge is 2.48. The molecule has 2 fully saturated rings. The van der Waals surface area contributed by atoms with Crippen molar-refractivity contribution in [3.8, 4) is 0 Å². The zero-order valence-corrected chi connectivity index (χ0v) is 14.5. The Bertz CT molecular complexity index is 391. The van der Waals surface area contributed by atoms with Crippen LogP contribution in [0.5, 0.6) is 0 Å². The topological polar surface area (TPSA) is 62.2 Å². The van der Waals surface area contributed by atoms with Gasteiger partial charge in [0.1, 0.15) is 5.60 Å². The van der Waals surface area contributed by atoms with Crippen LogP contribution in [-0.4, -0.2) is 78.1 Å². The van der Waals surface area contributed by atoms with Crippen molar-refractivity contribution in [1.82, 2.24) is 9.80 Å². The van der Waals surface area contributed by atoms with Gasteiger partial charge in [0.2, 0.25) is 0 Å². The highest BCUT2D eigenvalue weighted by molar-refractivity contribution is 5.69. The van der Waals surface area contributed by atoms with E-state index in [0.717, 1.165) is 13.0 Å². The summed E-state index contributed by atoms with van der Waals surface area (Å²) in [5.41, 5.74) is -1.23. The molecule has 0 saturated carbocycles. The van der Waals surface area contributed by atoms with Gasteiger partial charge in [0.25, 0.3) is 0 Å². The molecule has 2 aliphatic rings. The molecule has 0 aliphatic carbocycles. The number of hydrogen-bond acceptors (Lipinski definition) is 5. The Hall–Kier alpha value is -0.850. The minimum absolute atomic E-state index is 0.102. The summed E-state index contributed by atoms with van der Waals surface area (Å²) in [7, 11) is 4.01. The van der Waals surface area contributed by atoms with Crippen molar-refractivity contribution in [1.29, 1.82) is 0 Å². The average Bonchev–Trinajstić information content (AvgIpc) is 2.33. The number of nitrogens with zero attached hydrogens (tertiary/aromatic N) is 2. The van der Waals surface area contributed by atoms with Gasteiger partial charge in [-0.2, -0.15) is 0 Å². The predicted octanol–water partition coefficient (Wildman–Crippen LogP) is 1.47. The number of rotatable bonds is 3. The van der Waals surface area contributed by atoms with E-state index in [0.29, 0.717) is 26.1 Å². The third kappa shape index (κ3) is 4.33. The van der Waals surface area contributed by atoms with Crippen molar-refractivity contribution >= 4 is 6.09 Å². The van der Waals surface area contributed by atoms with E-state index in [1.165, 1.54) is 0 Å². The SMILES string of the molecule is CN(C)CCC1(O)CC2COCC(C1)N2C(=O)OC(C)(C)C. The maximum atomic E-state index is 12.5. The van der Waals surface area contributed by atoms with Crippen LogP contribution in [0, 0.1) is 0 Å². The molecule has 22 heavy (non-hydrogen) atoms. The Kier molecular flexibility index (Phi) is 5.04. The molecule has 2 rings (SSSR count). The summed E-state index contributed by atoms with van der Waals surface area (Å²) >= 11 is 0. The van der Waals surface area contributed by atoms with E-state index in [9.17, 15) is 9.90 Å². The van der Waals surface area contributed by atoms with Crippen LogP contribution in [0.4, 0.5) is 4.79 Å². The number of ether oxygens (including phenoxy) is 2. The third-order valence-corrected chi connectivity index (χ3v) is 4.27. The fourth-order valence-electron chi connectivity index (χ4n) is 3.32. The van der Waals surface area contributed by atoms with Gasteiger partial charge < -0.3 is 19.5 Å². The molecule has 6 heteroatoms. The first kappa shape index (κ1) is 17.5. The quantitative estimate of drug-likeness (QED) is 0.855. The third-order valence-electron chi connectivity index (χ3n) is 4.27. The smallest absolute Gasteiger partial charge is 0.410 e. The van der Waals surface area contributed by atoms with Crippen molar-refractivity contribution in [2.45, 2.75) is 63.3 Å². The number of aliphatic hydroxyl groups is 1. The fraction of sp³-hybridized carbons (Fsp3) is 0.938. The van der Waals surface area contributed by atoms with Crippen molar-refractivity contribution in [3.63, 3.8) is 0 Å². The Morgan fingerprint density at radius 2 is 1.86 bits per heavy atom. The first-order chi connectivity index (χ1) is 10.1. The van der Waals surface area contributed by atoms with Crippen LogP contribution in [0.1, 0.15) is 40.0 Å². The number of fused-ring (bicyclic) bond motifs is 2. The number of morpholine rings is 1. The van der Waals surface area contributed by atoms with Crippen molar-refractivity contribution in [2.75, 3.05) is 33.9 Å². The first-order valence-corrected chi connectivity index (χ1v) is 8.06. The maximum Gasteiger partial charge on any atom is 0.410 e. The molecule has 6 nitrogen and oxygen atoms in total. The summed E-state index contributed by atoms with van der Waals surface area (Å²) in [5.74, 6) is 0. The van der Waals surface area contributed by atoms with Crippen LogP contribution in [0.15, 0.2) is 0 Å². The molecule has 2 bridgehead atoms. The number of carbonyl (C=O) groups is 1. The summed E-state index contributed by atoms with van der Waals surface area (Å²) in [5, 5.41) is 10.9. The molecule has 2 heterocycles. The molecule has 0 aromatic heterocycles. The van der Waals surface area contributed by atoms with Crippen molar-refractivity contribution in [3.05, 3.63) is 0 Å². The Morgan fingerprint density at radius 3 is 2.32 bits per heavy atom. The van der Waals surface area contributed by atoms with Crippen molar-refractivity contribution < 1.29 is 19.4 Å². The summed E-state index contributed by atoms with van der Waals surface area (Å²) in [6.45, 7) is 7.39. The standard InChI is InChI=1S/C16H30N2O4/c1-15(2,3)22-14(19)18-12-8-16(20,6-7-17(4)5)9-13(18)11-21-10-12/h12-13,20H,6-11H2,1-5H3. The molecule has 0 aromatic rings. The van der Waals surface area contributed by atoms with Crippen LogP contribution in [-0.2, 0) is 9.47 Å². The summed E-state index contributed by atoms with van der Waals surface area (Å²) in [6, 6.07) is -0.205. The highest BCUT2D eigenvalue weighted by atomic mass is 16.6. The molecule has 0 aromatic carbocycles. The molecular weight excluding hydrogens is 284 g/mol. The minimum atomic E-state index is -0.720. The molecule has 2 saturated heterocycles. The zero-order valence-electron chi connectivity index (χ0n) is 14.5. The fourth-order valence-corrected chi connectivity index (χ4v) is 3.32. The van der Waals surface area contributed by atoms with E-state index in [1.54, 1.807) is 4.90 Å². The minimum Gasteiger partial charge on any atom is -0.444 e. The van der Waals surface area contributed by atoms with E-state index < -0.39 is 11.2 Å². The van der Waals surface area contributed by atoms with E-state index in [2.05, 4.69) is 4.90 Å². The number of piperidine rings is 1. The van der Waals surface area contributed by atoms with Gasteiger partial charge in [-0.3, -0.25) is 4.90 Å². The number of hydrogen-bond donors (Lipinski definition) is 1. The molecule has 0 spiro atoms. The van der Waals surface area contributed by atoms with Crippen LogP contribution in [0.2, 0.25) is 0 Å². The highest BCUT2D eigenvalue weighted by Crippen LogP contribution is 2.37. The van der Waals surface area contributed by atoms with Gasteiger partial charge >= 0.3 is 6.09 Å². The lowest BCUT2D eigenvalue weighted by atomic mass is 9.79. The van der Waals surface area contributed by atoms with E-state index in [4.69, 9.17) is 9.47 Å². The van der Waals surface area contributed by atoms with Crippen LogP contribution in [0.3, 0.4) is 0 Å². The second-order valence-corrected chi connectivity index (χ2v) is 7.92. The van der Waals surface area contributed by atoms with Gasteiger partial charge in [0.05, 0.1) is 30.9 Å². The average molecular weight is 314 g/mol. The monoisotopic (exact) mass is 314 g/mol. The Balaban J connectivity index is 2.06. The summed E-state index contributed by atoms with van der Waals surface area (Å²) in [4.78, 5) is 16.3. The van der Waals surface area contributed by atoms with E-state index in [1.807, 2.05) is 34.9 Å². The lowest BCUT2D eigenvalue weighted by molar-refractivity contribution is -0.140. The molecule has 2 unspecified atom stereocenters. The molecule has 128 valence electrons. The number of carbonyl (C=O) groups excluding carboxylic acids is 1. The molecule has 2 aliphatic heterocycles. The zero-order chi connectivity index (χ0) is 16.5. The molecule has 1 amide bonds. The first-order valence-electron chi connectivity index (χ1n) is 8.06. The molecule has 2 atom stereocenters. The second-order valence-electron chi connectivity index (χ2n) is 7.92. The molecular formula is C16H30N2O4. The van der Waals surface area contributed by atoms with Gasteiger partial charge in [-0.1, -0.05) is 0 Å². The lowest BCUT2D eigenvalue weighted by Crippen LogP contribution is -2.64. The van der Waals surface area contributed by atoms with Crippen molar-refractivity contribution in [2.24, 2.45) is 0 Å². The summed E-state index contributed by atoms with van der Waals surface area (Å²) in [6.07, 6.45) is 1.53. The Labute approximate surface area is 133 Å². The van der Waals surface area contributed by atoms with Crippen LogP contribution < -0.4 is 0 Å². The van der Waals surface area contributed by atoms with Crippen LogP contribution in [0.25, 0.3) is 0 Å². The molecule has 1 N–H and O–H groups in total. The van der Waals surface area contributed by atoms with Gasteiger partial charge in [0.15, 0.2) is 0 Å². The Morgan fingerprint density at radius 1 is 1.32 bits per heavy atom. The second kappa shape index (κ2) is 6.34. The van der Waals surface area contributed by atoms with Gasteiger partial charge in [-0.15, -0.1) is 0 Å².